The molecule has 0 radical (unpaired) electrons. The number of anilines is 2. The van der Waals surface area contributed by atoms with Crippen LogP contribution >= 0.6 is 0 Å². The summed E-state index contributed by atoms with van der Waals surface area (Å²) in [5.41, 5.74) is 1.58. The Kier molecular flexibility index (Phi) is 5.86. The van der Waals surface area contributed by atoms with Crippen molar-refractivity contribution in [3.8, 4) is 17.1 Å². The highest BCUT2D eigenvalue weighted by Crippen LogP contribution is 2.21. The number of aromatic nitrogens is 7. The van der Waals surface area contributed by atoms with Crippen molar-refractivity contribution < 1.29 is 9.26 Å². The van der Waals surface area contributed by atoms with Gasteiger partial charge in [-0.05, 0) is 48.5 Å². The first-order valence-electron chi connectivity index (χ1n) is 11.9. The van der Waals surface area contributed by atoms with Gasteiger partial charge in [0.15, 0.2) is 11.5 Å². The van der Waals surface area contributed by atoms with E-state index in [1.165, 1.54) is 0 Å². The monoisotopic (exact) mass is 483 g/mol. The molecule has 0 atom stereocenters. The highest BCUT2D eigenvalue weighted by atomic mass is 16.5. The summed E-state index contributed by atoms with van der Waals surface area (Å²) >= 11 is 0. The van der Waals surface area contributed by atoms with E-state index in [0.717, 1.165) is 55.0 Å². The molecule has 1 aliphatic heterocycles. The van der Waals surface area contributed by atoms with Gasteiger partial charge in [0.25, 0.3) is 0 Å². The minimum absolute atomic E-state index is 0.540. The molecule has 11 heteroatoms. The Morgan fingerprint density at radius 1 is 0.861 bits per heavy atom. The molecule has 5 heterocycles. The number of hydrogen-bond acceptors (Lipinski definition) is 10. The smallest absolute Gasteiger partial charge is 0.227 e. The molecule has 4 aromatic heterocycles. The summed E-state index contributed by atoms with van der Waals surface area (Å²) in [5, 5.41) is 17.6. The molecule has 0 amide bonds. The third-order valence-corrected chi connectivity index (χ3v) is 6.27. The van der Waals surface area contributed by atoms with E-state index in [4.69, 9.17) is 14.4 Å². The van der Waals surface area contributed by atoms with Gasteiger partial charge in [0.1, 0.15) is 17.4 Å². The van der Waals surface area contributed by atoms with Gasteiger partial charge < -0.3 is 19.1 Å². The molecule has 182 valence electrons. The summed E-state index contributed by atoms with van der Waals surface area (Å²) in [7, 11) is 1.64. The van der Waals surface area contributed by atoms with E-state index in [2.05, 4.69) is 35.1 Å². The van der Waals surface area contributed by atoms with Crippen LogP contribution in [-0.4, -0.2) is 68.2 Å². The standard InChI is InChI=1S/C25H25N9O2/c1-35-19-7-5-18(6-8-19)25-27-24(36-31-25)12-11-22-29-28-21-9-10-23(30-34(21)22)33-16-14-32(15-17-33)20-4-2-3-13-26-20/h2-10,13H,11-12,14-17H2,1H3. The van der Waals surface area contributed by atoms with Gasteiger partial charge in [-0.1, -0.05) is 11.2 Å². The van der Waals surface area contributed by atoms with E-state index in [-0.39, 0.29) is 0 Å². The largest absolute Gasteiger partial charge is 0.497 e. The van der Waals surface area contributed by atoms with E-state index < -0.39 is 0 Å². The van der Waals surface area contributed by atoms with Gasteiger partial charge in [-0.2, -0.15) is 9.50 Å². The lowest BCUT2D eigenvalue weighted by Gasteiger charge is -2.35. The summed E-state index contributed by atoms with van der Waals surface area (Å²) in [6, 6.07) is 17.5. The molecule has 0 N–H and O–H groups in total. The van der Waals surface area contributed by atoms with Gasteiger partial charge in [0.05, 0.1) is 7.11 Å². The van der Waals surface area contributed by atoms with Gasteiger partial charge >= 0.3 is 0 Å². The number of nitrogens with zero attached hydrogens (tertiary/aromatic N) is 9. The molecule has 1 saturated heterocycles. The number of ether oxygens (including phenoxy) is 1. The topological polar surface area (TPSA) is 111 Å². The molecule has 1 aliphatic rings. The lowest BCUT2D eigenvalue weighted by atomic mass is 10.2. The Bertz CT molecular complexity index is 1440. The molecular weight excluding hydrogens is 458 g/mol. The van der Waals surface area contributed by atoms with Gasteiger partial charge in [0.2, 0.25) is 11.7 Å². The molecular formula is C25H25N9O2. The fourth-order valence-corrected chi connectivity index (χ4v) is 4.29. The van der Waals surface area contributed by atoms with Gasteiger partial charge in [-0.15, -0.1) is 15.3 Å². The third kappa shape index (κ3) is 4.42. The molecule has 0 bridgehead atoms. The van der Waals surface area contributed by atoms with E-state index in [1.807, 2.05) is 60.8 Å². The molecule has 36 heavy (non-hydrogen) atoms. The van der Waals surface area contributed by atoms with Crippen LogP contribution in [0.5, 0.6) is 5.75 Å². The average molecular weight is 484 g/mol. The molecule has 0 saturated carbocycles. The number of piperazine rings is 1. The predicted molar refractivity (Wildman–Crippen MR) is 133 cm³/mol. The second-order valence-corrected chi connectivity index (χ2v) is 8.48. The number of methoxy groups -OCH3 is 1. The first kappa shape index (κ1) is 22.0. The number of aryl methyl sites for hydroxylation is 2. The Morgan fingerprint density at radius 3 is 2.42 bits per heavy atom. The normalized spacial score (nSPS) is 13.9. The second-order valence-electron chi connectivity index (χ2n) is 8.48. The van der Waals surface area contributed by atoms with Crippen LogP contribution in [0.25, 0.3) is 17.0 Å². The molecule has 0 spiro atoms. The van der Waals surface area contributed by atoms with Crippen LogP contribution in [-0.2, 0) is 12.8 Å². The predicted octanol–water partition coefficient (Wildman–Crippen LogP) is 2.69. The van der Waals surface area contributed by atoms with Crippen molar-refractivity contribution in [2.45, 2.75) is 12.8 Å². The number of benzene rings is 1. The van der Waals surface area contributed by atoms with Crippen LogP contribution < -0.4 is 14.5 Å². The first-order chi connectivity index (χ1) is 17.8. The van der Waals surface area contributed by atoms with Crippen LogP contribution in [0.1, 0.15) is 11.7 Å². The molecule has 5 aromatic rings. The lowest BCUT2D eigenvalue weighted by Crippen LogP contribution is -2.47. The third-order valence-electron chi connectivity index (χ3n) is 6.27. The second kappa shape index (κ2) is 9.61. The Morgan fingerprint density at radius 2 is 1.67 bits per heavy atom. The van der Waals surface area contributed by atoms with Gasteiger partial charge in [-0.25, -0.2) is 4.98 Å². The highest BCUT2D eigenvalue weighted by Gasteiger charge is 2.20. The van der Waals surface area contributed by atoms with Crippen LogP contribution in [0.3, 0.4) is 0 Å². The quantitative estimate of drug-likeness (QED) is 0.343. The first-order valence-corrected chi connectivity index (χ1v) is 11.9. The summed E-state index contributed by atoms with van der Waals surface area (Å²) in [5.74, 6) is 4.54. The fraction of sp³-hybridized carbons (Fsp3) is 0.280. The van der Waals surface area contributed by atoms with E-state index in [9.17, 15) is 0 Å². The molecule has 0 aliphatic carbocycles. The van der Waals surface area contributed by atoms with E-state index >= 15 is 0 Å². The van der Waals surface area contributed by atoms with Crippen molar-refractivity contribution in [1.82, 2.24) is 34.9 Å². The summed E-state index contributed by atoms with van der Waals surface area (Å²) in [6.45, 7) is 3.50. The minimum atomic E-state index is 0.540. The average Bonchev–Trinajstić information content (AvgIpc) is 3.59. The maximum atomic E-state index is 5.46. The zero-order chi connectivity index (χ0) is 24.3. The zero-order valence-electron chi connectivity index (χ0n) is 19.9. The number of hydrogen-bond donors (Lipinski definition) is 0. The van der Waals surface area contributed by atoms with Crippen molar-refractivity contribution >= 4 is 17.3 Å². The summed E-state index contributed by atoms with van der Waals surface area (Å²) in [4.78, 5) is 13.6. The van der Waals surface area contributed by atoms with Crippen LogP contribution in [0, 0.1) is 0 Å². The molecule has 0 unspecified atom stereocenters. The summed E-state index contributed by atoms with van der Waals surface area (Å²) in [6.07, 6.45) is 2.95. The molecule has 1 fully saturated rings. The Balaban J connectivity index is 1.12. The van der Waals surface area contributed by atoms with Crippen LogP contribution in [0.15, 0.2) is 65.3 Å². The van der Waals surface area contributed by atoms with Crippen molar-refractivity contribution in [2.24, 2.45) is 0 Å². The molecule has 1 aromatic carbocycles. The highest BCUT2D eigenvalue weighted by molar-refractivity contribution is 5.55. The van der Waals surface area contributed by atoms with Crippen molar-refractivity contribution in [2.75, 3.05) is 43.1 Å². The number of pyridine rings is 1. The van der Waals surface area contributed by atoms with Crippen LogP contribution in [0.2, 0.25) is 0 Å². The SMILES string of the molecule is COc1ccc(-c2noc(CCc3nnc4ccc(N5CCN(c6ccccn6)CC5)nn34)n2)cc1. The Labute approximate surface area is 207 Å². The molecule has 6 rings (SSSR count). The zero-order valence-corrected chi connectivity index (χ0v) is 19.9. The maximum absolute atomic E-state index is 5.46. The van der Waals surface area contributed by atoms with Gasteiger partial charge in [-0.3, -0.25) is 0 Å². The van der Waals surface area contributed by atoms with Crippen molar-refractivity contribution in [3.63, 3.8) is 0 Å². The molecule has 11 nitrogen and oxygen atoms in total. The van der Waals surface area contributed by atoms with Crippen molar-refractivity contribution in [1.29, 1.82) is 0 Å². The Hall–Kier alpha value is -4.54. The fourth-order valence-electron chi connectivity index (χ4n) is 4.29. The lowest BCUT2D eigenvalue weighted by molar-refractivity contribution is 0.377. The van der Waals surface area contributed by atoms with E-state index in [0.29, 0.717) is 30.2 Å². The van der Waals surface area contributed by atoms with E-state index in [1.54, 1.807) is 11.6 Å². The summed E-state index contributed by atoms with van der Waals surface area (Å²) < 4.78 is 12.5. The van der Waals surface area contributed by atoms with Crippen molar-refractivity contribution in [3.05, 3.63) is 72.5 Å². The minimum Gasteiger partial charge on any atom is -0.497 e. The maximum Gasteiger partial charge on any atom is 0.227 e. The number of rotatable bonds is 7. The number of fused-ring (bicyclic) bond motifs is 1. The van der Waals surface area contributed by atoms with Crippen LogP contribution in [0.4, 0.5) is 11.6 Å². The van der Waals surface area contributed by atoms with Gasteiger partial charge in [0, 0.05) is 50.8 Å².